The van der Waals surface area contributed by atoms with Crippen molar-refractivity contribution in [2.24, 2.45) is 23.7 Å². The van der Waals surface area contributed by atoms with Crippen molar-refractivity contribution in [2.45, 2.75) is 25.2 Å². The van der Waals surface area contributed by atoms with Crippen molar-refractivity contribution in [2.75, 3.05) is 0 Å². The van der Waals surface area contributed by atoms with E-state index in [4.69, 9.17) is 0 Å². The number of benzene rings is 1. The van der Waals surface area contributed by atoms with Gasteiger partial charge in [0.1, 0.15) is 5.75 Å². The molecule has 17 heavy (non-hydrogen) atoms. The van der Waals surface area contributed by atoms with Gasteiger partial charge in [0.2, 0.25) is 0 Å². The van der Waals surface area contributed by atoms with Crippen LogP contribution in [0.25, 0.3) is 0 Å². The molecule has 0 aromatic heterocycles. The van der Waals surface area contributed by atoms with Gasteiger partial charge in [-0.3, -0.25) is 0 Å². The summed E-state index contributed by atoms with van der Waals surface area (Å²) in [4.78, 5) is 0. The average Bonchev–Trinajstić information content (AvgIpc) is 3.02. The minimum absolute atomic E-state index is 0.385. The van der Waals surface area contributed by atoms with Gasteiger partial charge < -0.3 is 5.11 Å². The molecule has 4 rings (SSSR count). The van der Waals surface area contributed by atoms with Crippen LogP contribution in [-0.2, 0) is 0 Å². The second-order valence-electron chi connectivity index (χ2n) is 6.00. The first-order chi connectivity index (χ1) is 8.33. The van der Waals surface area contributed by atoms with E-state index in [0.717, 1.165) is 29.6 Å². The lowest BCUT2D eigenvalue weighted by molar-refractivity contribution is 0.257. The summed E-state index contributed by atoms with van der Waals surface area (Å²) in [6, 6.07) is 7.91. The Morgan fingerprint density at radius 3 is 2.65 bits per heavy atom. The molecule has 1 aromatic carbocycles. The number of fused-ring (bicyclic) bond motifs is 5. The van der Waals surface area contributed by atoms with Crippen LogP contribution in [0.1, 0.15) is 30.7 Å². The van der Waals surface area contributed by atoms with Crippen molar-refractivity contribution in [3.8, 4) is 5.75 Å². The number of allylic oxidation sites excluding steroid dienone is 2. The highest BCUT2D eigenvalue weighted by molar-refractivity contribution is 5.31. The zero-order chi connectivity index (χ0) is 11.4. The van der Waals surface area contributed by atoms with Crippen LogP contribution in [0.4, 0.5) is 0 Å². The summed E-state index contributed by atoms with van der Waals surface area (Å²) in [5.74, 6) is 4.77. The Kier molecular flexibility index (Phi) is 1.94. The fourth-order valence-corrected chi connectivity index (χ4v) is 4.65. The van der Waals surface area contributed by atoms with E-state index < -0.39 is 0 Å². The molecule has 3 aliphatic rings. The van der Waals surface area contributed by atoms with E-state index in [1.54, 1.807) is 0 Å². The predicted octanol–water partition coefficient (Wildman–Crippen LogP) is 3.71. The van der Waals surface area contributed by atoms with E-state index in [1.165, 1.54) is 24.8 Å². The van der Waals surface area contributed by atoms with Crippen LogP contribution < -0.4 is 0 Å². The van der Waals surface area contributed by atoms with Crippen molar-refractivity contribution in [1.82, 2.24) is 0 Å². The molecule has 2 fully saturated rings. The summed E-state index contributed by atoms with van der Waals surface area (Å²) in [5.41, 5.74) is 1.44. The van der Waals surface area contributed by atoms with E-state index in [9.17, 15) is 5.11 Å². The molecule has 1 aromatic rings. The molecule has 0 amide bonds. The number of hydrogen-bond donors (Lipinski definition) is 1. The molecule has 2 saturated carbocycles. The number of aromatic hydroxyl groups is 1. The zero-order valence-electron chi connectivity index (χ0n) is 9.92. The van der Waals surface area contributed by atoms with Gasteiger partial charge >= 0.3 is 0 Å². The van der Waals surface area contributed by atoms with Crippen LogP contribution in [0.5, 0.6) is 5.75 Å². The van der Waals surface area contributed by atoms with Crippen LogP contribution in [-0.4, -0.2) is 5.11 Å². The first-order valence-electron chi connectivity index (χ1n) is 6.78. The highest BCUT2D eigenvalue weighted by atomic mass is 16.3. The fourth-order valence-electron chi connectivity index (χ4n) is 4.65. The zero-order valence-corrected chi connectivity index (χ0v) is 9.92. The number of phenols is 1. The third-order valence-corrected chi connectivity index (χ3v) is 5.33. The maximum atomic E-state index is 9.37. The minimum atomic E-state index is 0.385. The second kappa shape index (κ2) is 3.38. The van der Waals surface area contributed by atoms with Gasteiger partial charge in [0.15, 0.2) is 0 Å². The van der Waals surface area contributed by atoms with Gasteiger partial charge in [0.05, 0.1) is 0 Å². The monoisotopic (exact) mass is 226 g/mol. The number of hydrogen-bond acceptors (Lipinski definition) is 1. The lowest BCUT2D eigenvalue weighted by Crippen LogP contribution is -2.23. The summed E-state index contributed by atoms with van der Waals surface area (Å²) in [7, 11) is 0. The van der Waals surface area contributed by atoms with Gasteiger partial charge in [-0.05, 0) is 66.5 Å². The molecule has 1 N–H and O–H groups in total. The summed E-state index contributed by atoms with van der Waals surface area (Å²) >= 11 is 0. The predicted molar refractivity (Wildman–Crippen MR) is 67.8 cm³/mol. The van der Waals surface area contributed by atoms with Crippen molar-refractivity contribution in [3.63, 3.8) is 0 Å². The molecule has 0 unspecified atom stereocenters. The highest BCUT2D eigenvalue weighted by Gasteiger charge is 2.52. The molecular weight excluding hydrogens is 208 g/mol. The average molecular weight is 226 g/mol. The van der Waals surface area contributed by atoms with Gasteiger partial charge in [-0.15, -0.1) is 0 Å². The van der Waals surface area contributed by atoms with Crippen molar-refractivity contribution in [1.29, 1.82) is 0 Å². The molecular formula is C16H18O. The quantitative estimate of drug-likeness (QED) is 0.724. The standard InChI is InChI=1S/C16H18O/c17-12-6-4-10(5-7-12)15-8-11-9-16(15)14-3-1-2-13(11)14/h1,3-7,11,13-17H,2,8-9H2/t11-,13+,14-,15-,16-/m0/s1. The summed E-state index contributed by atoms with van der Waals surface area (Å²) in [6.07, 6.45) is 9.01. The van der Waals surface area contributed by atoms with Crippen molar-refractivity contribution >= 4 is 0 Å². The van der Waals surface area contributed by atoms with Crippen LogP contribution >= 0.6 is 0 Å². The van der Waals surface area contributed by atoms with E-state index in [0.29, 0.717) is 5.75 Å². The van der Waals surface area contributed by atoms with Gasteiger partial charge in [-0.25, -0.2) is 0 Å². The Morgan fingerprint density at radius 2 is 1.82 bits per heavy atom. The second-order valence-corrected chi connectivity index (χ2v) is 6.00. The van der Waals surface area contributed by atoms with Gasteiger partial charge in [0.25, 0.3) is 0 Å². The molecule has 0 aliphatic heterocycles. The molecule has 1 nitrogen and oxygen atoms in total. The Labute approximate surface area is 102 Å². The molecule has 1 heteroatoms. The van der Waals surface area contributed by atoms with Crippen molar-refractivity contribution in [3.05, 3.63) is 42.0 Å². The SMILES string of the molecule is Oc1ccc([C@@H]2C[C@H]3C[C@H]2[C@H]2C=CC[C@H]32)cc1. The molecule has 3 aliphatic carbocycles. The smallest absolute Gasteiger partial charge is 0.115 e. The van der Waals surface area contributed by atoms with Crippen LogP contribution in [0, 0.1) is 23.7 Å². The van der Waals surface area contributed by atoms with E-state index in [-0.39, 0.29) is 0 Å². The molecule has 88 valence electrons. The topological polar surface area (TPSA) is 20.2 Å². The minimum Gasteiger partial charge on any atom is -0.508 e. The first-order valence-corrected chi connectivity index (χ1v) is 6.78. The highest BCUT2D eigenvalue weighted by Crippen LogP contribution is 2.61. The Balaban J connectivity index is 1.65. The molecule has 5 atom stereocenters. The van der Waals surface area contributed by atoms with Crippen molar-refractivity contribution < 1.29 is 5.11 Å². The Morgan fingerprint density at radius 1 is 1.00 bits per heavy atom. The molecule has 0 radical (unpaired) electrons. The van der Waals surface area contributed by atoms with E-state index >= 15 is 0 Å². The maximum absolute atomic E-state index is 9.37. The molecule has 0 saturated heterocycles. The number of rotatable bonds is 1. The van der Waals surface area contributed by atoms with Gasteiger partial charge in [-0.1, -0.05) is 24.3 Å². The van der Waals surface area contributed by atoms with E-state index in [1.807, 2.05) is 12.1 Å². The largest absolute Gasteiger partial charge is 0.508 e. The molecule has 0 spiro atoms. The fraction of sp³-hybridized carbons (Fsp3) is 0.500. The van der Waals surface area contributed by atoms with Crippen LogP contribution in [0.3, 0.4) is 0 Å². The first kappa shape index (κ1) is 9.76. The van der Waals surface area contributed by atoms with Crippen LogP contribution in [0.15, 0.2) is 36.4 Å². The molecule has 2 bridgehead atoms. The number of phenolic OH excluding ortho intramolecular Hbond substituents is 1. The third-order valence-electron chi connectivity index (χ3n) is 5.33. The summed E-state index contributed by atoms with van der Waals surface area (Å²) in [6.45, 7) is 0. The normalized spacial score (nSPS) is 42.0. The molecule has 0 heterocycles. The lowest BCUT2D eigenvalue weighted by Gasteiger charge is -2.31. The Bertz CT molecular complexity index is 459. The third kappa shape index (κ3) is 1.31. The van der Waals surface area contributed by atoms with Gasteiger partial charge in [-0.2, -0.15) is 0 Å². The van der Waals surface area contributed by atoms with Gasteiger partial charge in [0, 0.05) is 0 Å². The maximum Gasteiger partial charge on any atom is 0.115 e. The lowest BCUT2D eigenvalue weighted by atomic mass is 9.73. The summed E-state index contributed by atoms with van der Waals surface area (Å²) < 4.78 is 0. The van der Waals surface area contributed by atoms with Crippen LogP contribution in [0.2, 0.25) is 0 Å². The van der Waals surface area contributed by atoms with E-state index in [2.05, 4.69) is 24.3 Å². The summed E-state index contributed by atoms with van der Waals surface area (Å²) in [5, 5.41) is 9.37. The Hall–Kier alpha value is -1.24.